The van der Waals surface area contributed by atoms with E-state index in [1.807, 2.05) is 78.8 Å². The number of fused-ring (bicyclic) bond motifs is 1. The van der Waals surface area contributed by atoms with E-state index < -0.39 is 9.84 Å². The first-order valence-electron chi connectivity index (χ1n) is 12.0. The van der Waals surface area contributed by atoms with Crippen molar-refractivity contribution in [2.75, 3.05) is 44.6 Å². The number of hydrogen-bond donors (Lipinski definition) is 2. The van der Waals surface area contributed by atoms with Crippen LogP contribution in [-0.2, 0) is 21.3 Å². The maximum absolute atomic E-state index is 11.5. The number of aliphatic imine (C=N–C) groups is 1. The van der Waals surface area contributed by atoms with E-state index in [2.05, 4.69) is 15.6 Å². The van der Waals surface area contributed by atoms with E-state index in [4.69, 9.17) is 9.57 Å². The minimum Gasteiger partial charge on any atom is -0.489 e. The Hall–Kier alpha value is -3.60. The monoisotopic (exact) mass is 523 g/mol. The summed E-state index contributed by atoms with van der Waals surface area (Å²) in [5.41, 5.74) is 4.71. The van der Waals surface area contributed by atoms with E-state index in [1.54, 1.807) is 18.5 Å². The fourth-order valence-electron chi connectivity index (χ4n) is 3.83. The summed E-state index contributed by atoms with van der Waals surface area (Å²) in [7, 11) is 0.533. The van der Waals surface area contributed by atoms with E-state index in [-0.39, 0.29) is 5.75 Å². The van der Waals surface area contributed by atoms with E-state index in [9.17, 15) is 8.42 Å². The largest absolute Gasteiger partial charge is 0.489 e. The van der Waals surface area contributed by atoms with Gasteiger partial charge >= 0.3 is 0 Å². The van der Waals surface area contributed by atoms with Gasteiger partial charge in [0, 0.05) is 42.7 Å². The van der Waals surface area contributed by atoms with E-state index in [0.29, 0.717) is 31.9 Å². The van der Waals surface area contributed by atoms with Crippen molar-refractivity contribution in [1.82, 2.24) is 15.3 Å². The third-order valence-electron chi connectivity index (χ3n) is 5.95. The van der Waals surface area contributed by atoms with Gasteiger partial charge in [-0.1, -0.05) is 30.3 Å². The molecule has 37 heavy (non-hydrogen) atoms. The standard InChI is InChI=1S/C27H33N5O4S/c1-31(15-16-37(3,33)34)14-13-23-17-25-26(18-32(23)35-2)28-20-29-27(25)30-22-9-11-24(12-10-22)36-19-21-7-5-4-6-8-21/h4-12,17-18,20,30H,13-16,19H2,1-3H3,(H,28,29). The summed E-state index contributed by atoms with van der Waals surface area (Å²) in [6, 6.07) is 17.8. The molecule has 0 unspecified atom stereocenters. The first kappa shape index (κ1) is 26.5. The average Bonchev–Trinajstić information content (AvgIpc) is 2.90. The highest BCUT2D eigenvalue weighted by Crippen LogP contribution is 2.29. The summed E-state index contributed by atoms with van der Waals surface area (Å²) in [5.74, 6) is 1.63. The third kappa shape index (κ3) is 7.69. The van der Waals surface area contributed by atoms with Crippen molar-refractivity contribution in [3.8, 4) is 5.75 Å². The summed E-state index contributed by atoms with van der Waals surface area (Å²) < 4.78 is 28.8. The molecule has 0 amide bonds. The van der Waals surface area contributed by atoms with Gasteiger partial charge in [0.2, 0.25) is 0 Å². The van der Waals surface area contributed by atoms with Gasteiger partial charge in [0.1, 0.15) is 28.0 Å². The van der Waals surface area contributed by atoms with Crippen molar-refractivity contribution in [3.63, 3.8) is 0 Å². The summed E-state index contributed by atoms with van der Waals surface area (Å²) >= 11 is 0. The second-order valence-corrected chi connectivity index (χ2v) is 11.2. The highest BCUT2D eigenvalue weighted by Gasteiger charge is 2.23. The van der Waals surface area contributed by atoms with Gasteiger partial charge in [-0.15, -0.1) is 0 Å². The number of ether oxygens (including phenoxy) is 1. The summed E-state index contributed by atoms with van der Waals surface area (Å²) in [6.45, 7) is 1.67. The van der Waals surface area contributed by atoms with Crippen molar-refractivity contribution in [3.05, 3.63) is 95.2 Å². The second-order valence-electron chi connectivity index (χ2n) is 8.96. The third-order valence-corrected chi connectivity index (χ3v) is 6.88. The van der Waals surface area contributed by atoms with Gasteiger partial charge in [0.05, 0.1) is 31.1 Å². The van der Waals surface area contributed by atoms with Crippen LogP contribution in [0.3, 0.4) is 0 Å². The number of hydrogen-bond acceptors (Lipinski definition) is 9. The van der Waals surface area contributed by atoms with Gasteiger partial charge in [0.25, 0.3) is 0 Å². The van der Waals surface area contributed by atoms with Crippen LogP contribution in [0.5, 0.6) is 5.75 Å². The fourth-order valence-corrected chi connectivity index (χ4v) is 4.47. The lowest BCUT2D eigenvalue weighted by atomic mass is 10.1. The Bertz CT molecular complexity index is 1300. The molecule has 2 heterocycles. The van der Waals surface area contributed by atoms with Crippen LogP contribution in [0.2, 0.25) is 0 Å². The quantitative estimate of drug-likeness (QED) is 0.437. The van der Waals surface area contributed by atoms with Gasteiger partial charge in [-0.05, 0) is 43.0 Å². The number of hydroxylamine groups is 2. The van der Waals surface area contributed by atoms with Crippen LogP contribution in [0, 0.1) is 0 Å². The minimum atomic E-state index is -3.00. The highest BCUT2D eigenvalue weighted by atomic mass is 32.2. The topological polar surface area (TPSA) is 95.5 Å². The lowest BCUT2D eigenvalue weighted by molar-refractivity contribution is -0.0616. The predicted octanol–water partition coefficient (Wildman–Crippen LogP) is 3.49. The van der Waals surface area contributed by atoms with Crippen molar-refractivity contribution in [1.29, 1.82) is 0 Å². The highest BCUT2D eigenvalue weighted by molar-refractivity contribution is 7.90. The van der Waals surface area contributed by atoms with Crippen LogP contribution < -0.4 is 15.4 Å². The van der Waals surface area contributed by atoms with Crippen LogP contribution in [0.25, 0.3) is 0 Å². The number of benzene rings is 2. The van der Waals surface area contributed by atoms with Gasteiger partial charge < -0.3 is 20.3 Å². The molecule has 0 fully saturated rings. The number of allylic oxidation sites excluding steroid dienone is 1. The molecular formula is C27H33N5O4S. The normalized spacial score (nSPS) is 15.2. The molecule has 2 aromatic rings. The summed E-state index contributed by atoms with van der Waals surface area (Å²) in [4.78, 5) is 12.1. The van der Waals surface area contributed by atoms with Crippen molar-refractivity contribution in [2.24, 2.45) is 4.99 Å². The molecule has 0 radical (unpaired) electrons. The van der Waals surface area contributed by atoms with Gasteiger partial charge in [-0.25, -0.2) is 18.5 Å². The first-order valence-corrected chi connectivity index (χ1v) is 14.1. The molecule has 0 atom stereocenters. The Labute approximate surface area is 218 Å². The molecule has 0 bridgehead atoms. The SMILES string of the molecule is CON1C=C2NC=NC(Nc3ccc(OCc4ccccc4)cc3)=C2C=C1CCN(C)CCS(C)(=O)=O. The Morgan fingerprint density at radius 2 is 1.84 bits per heavy atom. The fraction of sp³-hybridized carbons (Fsp3) is 0.296. The molecule has 0 saturated carbocycles. The lowest BCUT2D eigenvalue weighted by Gasteiger charge is -2.30. The van der Waals surface area contributed by atoms with Crippen LogP contribution in [0.1, 0.15) is 12.0 Å². The molecular weight excluding hydrogens is 490 g/mol. The number of sulfone groups is 1. The Kier molecular flexibility index (Phi) is 8.65. The summed E-state index contributed by atoms with van der Waals surface area (Å²) in [6.07, 6.45) is 7.49. The van der Waals surface area contributed by atoms with E-state index in [1.165, 1.54) is 6.26 Å². The Morgan fingerprint density at radius 3 is 2.54 bits per heavy atom. The van der Waals surface area contributed by atoms with Crippen molar-refractivity contribution < 1.29 is 18.0 Å². The molecule has 0 aromatic heterocycles. The maximum Gasteiger partial charge on any atom is 0.148 e. The molecule has 2 N–H and O–H groups in total. The van der Waals surface area contributed by atoms with Gasteiger partial charge in [-0.3, -0.25) is 4.84 Å². The minimum absolute atomic E-state index is 0.133. The molecule has 4 rings (SSSR count). The molecule has 196 valence electrons. The van der Waals surface area contributed by atoms with E-state index >= 15 is 0 Å². The smallest absolute Gasteiger partial charge is 0.148 e. The zero-order valence-corrected chi connectivity index (χ0v) is 22.2. The maximum atomic E-state index is 11.5. The predicted molar refractivity (Wildman–Crippen MR) is 146 cm³/mol. The molecule has 0 aliphatic carbocycles. The molecule has 0 saturated heterocycles. The van der Waals surface area contributed by atoms with E-state index in [0.717, 1.165) is 34.0 Å². The van der Waals surface area contributed by atoms with Crippen LogP contribution >= 0.6 is 0 Å². The zero-order valence-electron chi connectivity index (χ0n) is 21.3. The Balaban J connectivity index is 1.43. The first-order chi connectivity index (χ1) is 17.8. The number of nitrogens with zero attached hydrogens (tertiary/aromatic N) is 3. The Morgan fingerprint density at radius 1 is 1.08 bits per heavy atom. The molecule has 0 spiro atoms. The van der Waals surface area contributed by atoms with Crippen LogP contribution in [0.4, 0.5) is 5.69 Å². The summed E-state index contributed by atoms with van der Waals surface area (Å²) in [5, 5.41) is 8.29. The van der Waals surface area contributed by atoms with Gasteiger partial charge in [-0.2, -0.15) is 0 Å². The van der Waals surface area contributed by atoms with Crippen molar-refractivity contribution >= 4 is 21.9 Å². The molecule has 9 nitrogen and oxygen atoms in total. The van der Waals surface area contributed by atoms with Crippen molar-refractivity contribution in [2.45, 2.75) is 13.0 Å². The second kappa shape index (κ2) is 12.1. The van der Waals surface area contributed by atoms with Gasteiger partial charge in [0.15, 0.2) is 0 Å². The molecule has 2 aliphatic heterocycles. The number of nitrogens with one attached hydrogen (secondary N) is 2. The molecule has 2 aliphatic rings. The molecule has 10 heteroatoms. The average molecular weight is 524 g/mol. The van der Waals surface area contributed by atoms with Crippen LogP contribution in [0.15, 0.2) is 94.7 Å². The number of anilines is 1. The van der Waals surface area contributed by atoms with Crippen LogP contribution in [-0.4, -0.2) is 64.0 Å². The molecule has 2 aromatic carbocycles. The zero-order chi connectivity index (χ0) is 26.3. The lowest BCUT2D eigenvalue weighted by Crippen LogP contribution is -2.31. The number of rotatable bonds is 12.